The first kappa shape index (κ1) is 21.5. The number of halogens is 1. The fraction of sp³-hybridized carbons (Fsp3) is 0.304. The number of carbonyl (C=O) groups is 2. The van der Waals surface area contributed by atoms with Gasteiger partial charge in [0.05, 0.1) is 18.7 Å². The van der Waals surface area contributed by atoms with Gasteiger partial charge in [-0.3, -0.25) is 9.59 Å². The molecule has 1 atom stereocenters. The van der Waals surface area contributed by atoms with E-state index in [1.54, 1.807) is 32.2 Å². The molecule has 1 heterocycles. The minimum absolute atomic E-state index is 0.00127. The highest BCUT2D eigenvalue weighted by Gasteiger charge is 2.46. The normalized spacial score (nSPS) is 18.3. The molecular weight excluding hydrogens is 387 g/mol. The molecule has 1 aliphatic heterocycles. The van der Waals surface area contributed by atoms with Crippen LogP contribution in [0.1, 0.15) is 22.7 Å². The van der Waals surface area contributed by atoms with E-state index in [4.69, 9.17) is 4.74 Å². The number of aryl methyl sites for hydroxylation is 1. The molecule has 6 nitrogen and oxygen atoms in total. The van der Waals surface area contributed by atoms with E-state index in [2.05, 4.69) is 0 Å². The molecule has 1 amide bonds. The van der Waals surface area contributed by atoms with Gasteiger partial charge in [-0.15, -0.1) is 0 Å². The van der Waals surface area contributed by atoms with Crippen LogP contribution in [0.2, 0.25) is 0 Å². The van der Waals surface area contributed by atoms with Crippen molar-refractivity contribution >= 4 is 17.4 Å². The largest absolute Gasteiger partial charge is 0.507 e. The number of ether oxygens (including phenoxy) is 1. The Balaban J connectivity index is 2.16. The SMILES string of the molecule is COc1ccc(/C(O)=C2/C(=O)C(=O)N(CCN(C)C)C2c2ccc(F)cc2)c(C)c1. The maximum Gasteiger partial charge on any atom is 0.295 e. The summed E-state index contributed by atoms with van der Waals surface area (Å²) in [5.74, 6) is -1.49. The summed E-state index contributed by atoms with van der Waals surface area (Å²) in [7, 11) is 5.27. The van der Waals surface area contributed by atoms with Crippen LogP contribution in [0.5, 0.6) is 5.75 Å². The Bertz CT molecular complexity index is 999. The number of aliphatic hydroxyl groups is 1. The minimum atomic E-state index is -0.799. The molecule has 1 N–H and O–H groups in total. The summed E-state index contributed by atoms with van der Waals surface area (Å²) in [5.41, 5.74) is 1.69. The zero-order valence-corrected chi connectivity index (χ0v) is 17.5. The molecular formula is C23H25FN2O4. The van der Waals surface area contributed by atoms with Crippen molar-refractivity contribution in [2.45, 2.75) is 13.0 Å². The third-order valence-electron chi connectivity index (χ3n) is 5.20. The lowest BCUT2D eigenvalue weighted by Crippen LogP contribution is -2.35. The van der Waals surface area contributed by atoms with Gasteiger partial charge in [-0.05, 0) is 62.5 Å². The van der Waals surface area contributed by atoms with E-state index in [0.29, 0.717) is 29.0 Å². The van der Waals surface area contributed by atoms with Crippen LogP contribution in [0.3, 0.4) is 0 Å². The molecule has 0 saturated carbocycles. The number of nitrogens with zero attached hydrogens (tertiary/aromatic N) is 2. The number of likely N-dealkylation sites (tertiary alicyclic amines) is 1. The first-order valence-corrected chi connectivity index (χ1v) is 9.58. The summed E-state index contributed by atoms with van der Waals surface area (Å²) in [6.07, 6.45) is 0. The highest BCUT2D eigenvalue weighted by molar-refractivity contribution is 6.46. The number of benzene rings is 2. The van der Waals surface area contributed by atoms with E-state index in [1.807, 2.05) is 19.0 Å². The first-order chi connectivity index (χ1) is 14.2. The molecule has 7 heteroatoms. The molecule has 2 aromatic carbocycles. The molecule has 1 saturated heterocycles. The number of carbonyl (C=O) groups excluding carboxylic acids is 2. The van der Waals surface area contributed by atoms with Crippen molar-refractivity contribution in [3.8, 4) is 5.75 Å². The highest BCUT2D eigenvalue weighted by atomic mass is 19.1. The van der Waals surface area contributed by atoms with Crippen LogP contribution < -0.4 is 4.74 Å². The topological polar surface area (TPSA) is 70.1 Å². The average Bonchev–Trinajstić information content (AvgIpc) is 2.96. The Hall–Kier alpha value is -3.19. The van der Waals surface area contributed by atoms with Gasteiger partial charge in [0, 0.05) is 18.7 Å². The van der Waals surface area contributed by atoms with E-state index in [-0.39, 0.29) is 17.9 Å². The molecule has 1 aliphatic rings. The van der Waals surface area contributed by atoms with Crippen LogP contribution >= 0.6 is 0 Å². The van der Waals surface area contributed by atoms with Gasteiger partial charge in [0.25, 0.3) is 11.7 Å². The summed E-state index contributed by atoms with van der Waals surface area (Å²) >= 11 is 0. The van der Waals surface area contributed by atoms with Gasteiger partial charge in [-0.2, -0.15) is 0 Å². The Kier molecular flexibility index (Phi) is 6.22. The van der Waals surface area contributed by atoms with Gasteiger partial charge < -0.3 is 19.6 Å². The van der Waals surface area contributed by atoms with Crippen LogP contribution in [0.4, 0.5) is 4.39 Å². The Morgan fingerprint density at radius 2 is 1.83 bits per heavy atom. The molecule has 1 fully saturated rings. The summed E-state index contributed by atoms with van der Waals surface area (Å²) in [6.45, 7) is 2.61. The van der Waals surface area contributed by atoms with Gasteiger partial charge in [0.1, 0.15) is 17.3 Å². The molecule has 158 valence electrons. The zero-order chi connectivity index (χ0) is 22.0. The number of hydrogen-bond acceptors (Lipinski definition) is 5. The van der Waals surface area contributed by atoms with Gasteiger partial charge in [0.2, 0.25) is 0 Å². The molecule has 2 aromatic rings. The molecule has 3 rings (SSSR count). The third kappa shape index (κ3) is 4.07. The number of hydrogen-bond donors (Lipinski definition) is 1. The van der Waals surface area contributed by atoms with E-state index < -0.39 is 23.5 Å². The molecule has 0 spiro atoms. The Labute approximate surface area is 175 Å². The predicted octanol–water partition coefficient (Wildman–Crippen LogP) is 3.13. The van der Waals surface area contributed by atoms with Crippen molar-refractivity contribution < 1.29 is 23.8 Å². The fourth-order valence-electron chi connectivity index (χ4n) is 3.58. The van der Waals surface area contributed by atoms with Crippen molar-refractivity contribution in [2.24, 2.45) is 0 Å². The molecule has 0 aromatic heterocycles. The van der Waals surface area contributed by atoms with Gasteiger partial charge in [-0.1, -0.05) is 12.1 Å². The van der Waals surface area contributed by atoms with Crippen LogP contribution in [0.25, 0.3) is 5.76 Å². The molecule has 30 heavy (non-hydrogen) atoms. The number of likely N-dealkylation sites (N-methyl/N-ethyl adjacent to an activating group) is 1. The highest BCUT2D eigenvalue weighted by Crippen LogP contribution is 2.40. The number of rotatable bonds is 6. The predicted molar refractivity (Wildman–Crippen MR) is 112 cm³/mol. The first-order valence-electron chi connectivity index (χ1n) is 9.58. The Morgan fingerprint density at radius 1 is 1.17 bits per heavy atom. The van der Waals surface area contributed by atoms with Crippen LogP contribution in [-0.2, 0) is 9.59 Å². The van der Waals surface area contributed by atoms with Crippen molar-refractivity contribution in [1.29, 1.82) is 0 Å². The Morgan fingerprint density at radius 3 is 2.40 bits per heavy atom. The van der Waals surface area contributed by atoms with Gasteiger partial charge in [-0.25, -0.2) is 4.39 Å². The quantitative estimate of drug-likeness (QED) is 0.449. The van der Waals surface area contributed by atoms with Crippen molar-refractivity contribution in [2.75, 3.05) is 34.3 Å². The molecule has 0 radical (unpaired) electrons. The fourth-order valence-corrected chi connectivity index (χ4v) is 3.58. The van der Waals surface area contributed by atoms with Crippen molar-refractivity contribution in [1.82, 2.24) is 9.80 Å². The lowest BCUT2D eigenvalue weighted by Gasteiger charge is -2.26. The zero-order valence-electron chi connectivity index (χ0n) is 17.5. The monoisotopic (exact) mass is 412 g/mol. The molecule has 0 bridgehead atoms. The minimum Gasteiger partial charge on any atom is -0.507 e. The van der Waals surface area contributed by atoms with E-state index >= 15 is 0 Å². The maximum absolute atomic E-state index is 13.5. The van der Waals surface area contributed by atoms with E-state index in [9.17, 15) is 19.1 Å². The van der Waals surface area contributed by atoms with Gasteiger partial charge >= 0.3 is 0 Å². The van der Waals surface area contributed by atoms with E-state index in [0.717, 1.165) is 0 Å². The average molecular weight is 412 g/mol. The number of Topliss-reactive ketones (excluding diaryl/α,β-unsaturated/α-hetero) is 1. The summed E-state index contributed by atoms with van der Waals surface area (Å²) in [5, 5.41) is 11.1. The van der Waals surface area contributed by atoms with Gasteiger partial charge in [0.15, 0.2) is 0 Å². The van der Waals surface area contributed by atoms with Crippen molar-refractivity contribution in [3.63, 3.8) is 0 Å². The third-order valence-corrected chi connectivity index (χ3v) is 5.20. The van der Waals surface area contributed by atoms with E-state index in [1.165, 1.54) is 29.2 Å². The summed E-state index contributed by atoms with van der Waals surface area (Å²) in [6, 6.07) is 9.89. The second-order valence-corrected chi connectivity index (χ2v) is 7.53. The van der Waals surface area contributed by atoms with Crippen molar-refractivity contribution in [3.05, 3.63) is 70.5 Å². The number of ketones is 1. The summed E-state index contributed by atoms with van der Waals surface area (Å²) < 4.78 is 18.7. The lowest BCUT2D eigenvalue weighted by atomic mass is 9.94. The number of aliphatic hydroxyl groups excluding tert-OH is 1. The van der Waals surface area contributed by atoms with Crippen LogP contribution in [0, 0.1) is 12.7 Å². The molecule has 1 unspecified atom stereocenters. The maximum atomic E-state index is 13.5. The second-order valence-electron chi connectivity index (χ2n) is 7.53. The summed E-state index contributed by atoms with van der Waals surface area (Å²) in [4.78, 5) is 29.1. The standard InChI is InChI=1S/C23H25FN2O4/c1-14-13-17(30-4)9-10-18(14)21(27)19-20(15-5-7-16(24)8-6-15)26(12-11-25(2)3)23(29)22(19)28/h5-10,13,20,27H,11-12H2,1-4H3/b21-19-. The number of amides is 1. The lowest BCUT2D eigenvalue weighted by molar-refractivity contribution is -0.140. The smallest absolute Gasteiger partial charge is 0.295 e. The second kappa shape index (κ2) is 8.67. The molecule has 0 aliphatic carbocycles. The van der Waals surface area contributed by atoms with Crippen LogP contribution in [-0.4, -0.2) is 60.9 Å². The van der Waals surface area contributed by atoms with Crippen LogP contribution in [0.15, 0.2) is 48.0 Å². The number of methoxy groups -OCH3 is 1.